The fraction of sp³-hybridized carbons (Fsp3) is 0.900. The summed E-state index contributed by atoms with van der Waals surface area (Å²) in [6, 6.07) is 0. The lowest BCUT2D eigenvalue weighted by atomic mass is 9.74. The fourth-order valence-corrected chi connectivity index (χ4v) is 2.87. The predicted molar refractivity (Wildman–Crippen MR) is 44.2 cm³/mol. The molecule has 62 valence electrons. The van der Waals surface area contributed by atoms with E-state index < -0.39 is 0 Å². The molecule has 1 nitrogen and oxygen atoms in total. The van der Waals surface area contributed by atoms with Crippen LogP contribution >= 0.6 is 0 Å². The summed E-state index contributed by atoms with van der Waals surface area (Å²) in [4.78, 5) is 11.3. The van der Waals surface area contributed by atoms with Gasteiger partial charge in [-0.3, -0.25) is 4.79 Å². The maximum atomic E-state index is 11.3. The normalized spacial score (nSPS) is 55.5. The highest BCUT2D eigenvalue weighted by molar-refractivity contribution is 5.81. The standard InChI is InChI=1S/C10H16O/c1-7-4-8(11)5-9(2)6-10(7,9)3/h7H,4-6H2,1-3H3/t7-,9+,10+/m1/s1. The average molecular weight is 152 g/mol. The molecule has 0 aromatic carbocycles. The lowest BCUT2D eigenvalue weighted by molar-refractivity contribution is -0.123. The van der Waals surface area contributed by atoms with Crippen LogP contribution in [0.1, 0.15) is 40.0 Å². The second-order valence-electron chi connectivity index (χ2n) is 4.98. The molecule has 0 heterocycles. The minimum absolute atomic E-state index is 0.377. The van der Waals surface area contributed by atoms with E-state index in [1.807, 2.05) is 0 Å². The summed E-state index contributed by atoms with van der Waals surface area (Å²) in [5.74, 6) is 1.10. The first-order chi connectivity index (χ1) is 4.98. The molecule has 3 atom stereocenters. The van der Waals surface area contributed by atoms with Crippen LogP contribution in [-0.4, -0.2) is 5.78 Å². The van der Waals surface area contributed by atoms with Gasteiger partial charge < -0.3 is 0 Å². The Morgan fingerprint density at radius 2 is 2.09 bits per heavy atom. The van der Waals surface area contributed by atoms with Crippen molar-refractivity contribution in [3.8, 4) is 0 Å². The first-order valence-corrected chi connectivity index (χ1v) is 4.50. The van der Waals surface area contributed by atoms with Gasteiger partial charge in [0.1, 0.15) is 5.78 Å². The topological polar surface area (TPSA) is 17.1 Å². The van der Waals surface area contributed by atoms with Crippen molar-refractivity contribution >= 4 is 5.78 Å². The summed E-state index contributed by atoms with van der Waals surface area (Å²) in [5, 5.41) is 0. The largest absolute Gasteiger partial charge is 0.300 e. The van der Waals surface area contributed by atoms with Crippen LogP contribution in [0, 0.1) is 16.7 Å². The highest BCUT2D eigenvalue weighted by Gasteiger charge is 2.65. The van der Waals surface area contributed by atoms with Gasteiger partial charge in [-0.1, -0.05) is 20.8 Å². The van der Waals surface area contributed by atoms with E-state index in [1.165, 1.54) is 6.42 Å². The third-order valence-corrected chi connectivity index (χ3v) is 4.22. The van der Waals surface area contributed by atoms with Crippen molar-refractivity contribution in [2.24, 2.45) is 16.7 Å². The van der Waals surface area contributed by atoms with Gasteiger partial charge in [-0.25, -0.2) is 0 Å². The summed E-state index contributed by atoms with van der Waals surface area (Å²) < 4.78 is 0. The predicted octanol–water partition coefficient (Wildman–Crippen LogP) is 2.40. The van der Waals surface area contributed by atoms with E-state index in [9.17, 15) is 4.79 Å². The Morgan fingerprint density at radius 1 is 1.45 bits per heavy atom. The molecule has 0 N–H and O–H groups in total. The molecule has 2 aliphatic rings. The van der Waals surface area contributed by atoms with E-state index in [4.69, 9.17) is 0 Å². The van der Waals surface area contributed by atoms with Gasteiger partial charge in [0, 0.05) is 12.8 Å². The van der Waals surface area contributed by atoms with Crippen LogP contribution in [-0.2, 0) is 4.79 Å². The van der Waals surface area contributed by atoms with E-state index in [1.54, 1.807) is 0 Å². The van der Waals surface area contributed by atoms with Crippen LogP contribution in [0.25, 0.3) is 0 Å². The van der Waals surface area contributed by atoms with Crippen molar-refractivity contribution in [3.63, 3.8) is 0 Å². The molecular formula is C10H16O. The van der Waals surface area contributed by atoms with Crippen molar-refractivity contribution in [1.82, 2.24) is 0 Å². The maximum absolute atomic E-state index is 11.3. The number of rotatable bonds is 0. The Morgan fingerprint density at radius 3 is 2.64 bits per heavy atom. The lowest BCUT2D eigenvalue weighted by Crippen LogP contribution is -2.27. The van der Waals surface area contributed by atoms with Crippen molar-refractivity contribution in [1.29, 1.82) is 0 Å². The molecule has 11 heavy (non-hydrogen) atoms. The molecule has 0 aromatic rings. The van der Waals surface area contributed by atoms with Gasteiger partial charge in [0.15, 0.2) is 0 Å². The molecule has 0 amide bonds. The third-order valence-electron chi connectivity index (χ3n) is 4.22. The Kier molecular flexibility index (Phi) is 1.13. The molecule has 0 radical (unpaired) electrons. The molecule has 0 bridgehead atoms. The Bertz CT molecular complexity index is 221. The molecule has 2 saturated carbocycles. The van der Waals surface area contributed by atoms with Gasteiger partial charge in [-0.05, 0) is 23.2 Å². The van der Waals surface area contributed by atoms with Crippen LogP contribution in [0.2, 0.25) is 0 Å². The van der Waals surface area contributed by atoms with Gasteiger partial charge in [0.2, 0.25) is 0 Å². The van der Waals surface area contributed by atoms with Gasteiger partial charge in [0.25, 0.3) is 0 Å². The smallest absolute Gasteiger partial charge is 0.133 e. The number of ketones is 1. The number of carbonyl (C=O) groups is 1. The zero-order valence-electron chi connectivity index (χ0n) is 7.61. The first kappa shape index (κ1) is 7.33. The molecule has 2 aliphatic carbocycles. The minimum Gasteiger partial charge on any atom is -0.300 e. The Hall–Kier alpha value is -0.330. The number of carbonyl (C=O) groups excluding carboxylic acids is 1. The molecule has 2 fully saturated rings. The Labute approximate surface area is 68.2 Å². The molecule has 1 heteroatoms. The molecule has 2 rings (SSSR count). The lowest BCUT2D eigenvalue weighted by Gasteiger charge is -2.29. The molecule has 0 aliphatic heterocycles. The number of Topliss-reactive ketones (excluding diaryl/α,β-unsaturated/α-hetero) is 1. The van der Waals surface area contributed by atoms with Crippen LogP contribution in [0.4, 0.5) is 0 Å². The number of fused-ring (bicyclic) bond motifs is 1. The van der Waals surface area contributed by atoms with Crippen molar-refractivity contribution < 1.29 is 4.79 Å². The average Bonchev–Trinajstić information content (AvgIpc) is 2.34. The zero-order chi connectivity index (χ0) is 8.28. The van der Waals surface area contributed by atoms with Crippen LogP contribution in [0.5, 0.6) is 0 Å². The molecule has 0 unspecified atom stereocenters. The molecule has 0 aromatic heterocycles. The van der Waals surface area contributed by atoms with Crippen LogP contribution in [0.15, 0.2) is 0 Å². The number of hydrogen-bond acceptors (Lipinski definition) is 1. The maximum Gasteiger partial charge on any atom is 0.133 e. The SMILES string of the molecule is C[C@@H]1CC(=O)C[C@@]2(C)C[C@@]12C. The first-order valence-electron chi connectivity index (χ1n) is 4.50. The highest BCUT2D eigenvalue weighted by Crippen LogP contribution is 2.72. The molecule has 0 saturated heterocycles. The zero-order valence-corrected chi connectivity index (χ0v) is 7.61. The van der Waals surface area contributed by atoms with Crippen molar-refractivity contribution in [2.75, 3.05) is 0 Å². The van der Waals surface area contributed by atoms with Gasteiger partial charge >= 0.3 is 0 Å². The third kappa shape index (κ3) is 0.743. The van der Waals surface area contributed by atoms with E-state index >= 15 is 0 Å². The van der Waals surface area contributed by atoms with Gasteiger partial charge in [-0.15, -0.1) is 0 Å². The van der Waals surface area contributed by atoms with E-state index in [0.29, 0.717) is 22.5 Å². The highest BCUT2D eigenvalue weighted by atomic mass is 16.1. The van der Waals surface area contributed by atoms with Crippen molar-refractivity contribution in [2.45, 2.75) is 40.0 Å². The second-order valence-corrected chi connectivity index (χ2v) is 4.98. The van der Waals surface area contributed by atoms with E-state index in [-0.39, 0.29) is 0 Å². The summed E-state index contributed by atoms with van der Waals surface area (Å²) in [6.45, 7) is 6.83. The number of hydrogen-bond donors (Lipinski definition) is 0. The van der Waals surface area contributed by atoms with Gasteiger partial charge in [-0.2, -0.15) is 0 Å². The summed E-state index contributed by atoms with van der Waals surface area (Å²) >= 11 is 0. The summed E-state index contributed by atoms with van der Waals surface area (Å²) in [7, 11) is 0. The van der Waals surface area contributed by atoms with Crippen LogP contribution in [0.3, 0.4) is 0 Å². The molecular weight excluding hydrogens is 136 g/mol. The molecule has 0 spiro atoms. The quantitative estimate of drug-likeness (QED) is 0.521. The van der Waals surface area contributed by atoms with Crippen LogP contribution < -0.4 is 0 Å². The fourth-order valence-electron chi connectivity index (χ4n) is 2.87. The minimum atomic E-state index is 0.377. The van der Waals surface area contributed by atoms with E-state index in [0.717, 1.165) is 12.8 Å². The summed E-state index contributed by atoms with van der Waals surface area (Å²) in [6.07, 6.45) is 2.94. The Balaban J connectivity index is 2.26. The monoisotopic (exact) mass is 152 g/mol. The summed E-state index contributed by atoms with van der Waals surface area (Å²) in [5.41, 5.74) is 0.878. The van der Waals surface area contributed by atoms with E-state index in [2.05, 4.69) is 20.8 Å². The van der Waals surface area contributed by atoms with Gasteiger partial charge in [0.05, 0.1) is 0 Å². The van der Waals surface area contributed by atoms with Crippen molar-refractivity contribution in [3.05, 3.63) is 0 Å². The second kappa shape index (κ2) is 1.70.